The predicted molar refractivity (Wildman–Crippen MR) is 32.7 cm³/mol. The van der Waals surface area contributed by atoms with Gasteiger partial charge >= 0.3 is 17.5 Å². The van der Waals surface area contributed by atoms with Crippen molar-refractivity contribution in [2.45, 2.75) is 14.9 Å². The molecule has 58 valence electrons. The van der Waals surface area contributed by atoms with E-state index in [1.807, 2.05) is 0 Å². The number of aliphatic hydroxyl groups excluding tert-OH is 1. The Morgan fingerprint density at radius 3 is 1.33 bits per heavy atom. The van der Waals surface area contributed by atoms with E-state index in [1.54, 1.807) is 0 Å². The molecule has 0 atom stereocenters. The van der Waals surface area contributed by atoms with Gasteiger partial charge in [0.15, 0.2) is 0 Å². The molecule has 0 radical (unpaired) electrons. The summed E-state index contributed by atoms with van der Waals surface area (Å²) in [5.74, 6) is 0. The van der Waals surface area contributed by atoms with Crippen LogP contribution in [0.1, 0.15) is 16.3 Å². The second-order valence-electron chi connectivity index (χ2n) is 0.0833. The third-order valence-corrected chi connectivity index (χ3v) is 0. The topological polar surface area (TPSA) is 74.3 Å². The Kier molecular flexibility index (Phi) is 194000. The summed E-state index contributed by atoms with van der Waals surface area (Å²) in [6.45, 7) is 4.50. The molecule has 0 amide bonds. The van der Waals surface area contributed by atoms with Crippen molar-refractivity contribution in [3.05, 3.63) is 6.65 Å². The van der Waals surface area contributed by atoms with Crippen LogP contribution in [-0.4, -0.2) is 18.4 Å². The summed E-state index contributed by atoms with van der Waals surface area (Å²) < 4.78 is 7.50. The summed E-state index contributed by atoms with van der Waals surface area (Å²) in [5.41, 5.74) is 0. The standard InChI is InChI=1S/CO2.CH4O.CO.2CH4.H2/c2-1-3;2*1-2;;;/h;2H,1H3;;2*1H4;1H. The third-order valence-electron chi connectivity index (χ3n) is 0. The molecular formula is C5H14O4. The molecule has 1 N–H and O–H groups in total. The zero-order chi connectivity index (χ0) is 6.71. The average molecular weight is 138 g/mol. The second-order valence-corrected chi connectivity index (χ2v) is 0.0833. The number of hydrogen-bond acceptors (Lipinski definition) is 3. The maximum Gasteiger partial charge on any atom is 0 e. The van der Waals surface area contributed by atoms with Gasteiger partial charge in [-0.3, -0.25) is 0 Å². The van der Waals surface area contributed by atoms with Crippen LogP contribution in [0.15, 0.2) is 0 Å². The minimum Gasteiger partial charge on any atom is 0 e. The molecule has 4 heteroatoms. The van der Waals surface area contributed by atoms with E-state index in [9.17, 15) is 0 Å². The van der Waals surface area contributed by atoms with Crippen LogP contribution < -0.4 is 0 Å². The van der Waals surface area contributed by atoms with Crippen LogP contribution in [0.5, 0.6) is 0 Å². The predicted octanol–water partition coefficient (Wildman–Crippen LogP) is 0.506. The van der Waals surface area contributed by atoms with Crippen molar-refractivity contribution in [2.75, 3.05) is 7.11 Å². The fourth-order valence-electron chi connectivity index (χ4n) is 0. The maximum absolute atomic E-state index is 8.12. The van der Waals surface area contributed by atoms with Crippen LogP contribution in [0, 0.1) is 6.65 Å². The first-order valence-corrected chi connectivity index (χ1v) is 1.06. The van der Waals surface area contributed by atoms with Crippen molar-refractivity contribution in [1.29, 1.82) is 0 Å². The summed E-state index contributed by atoms with van der Waals surface area (Å²) in [6, 6.07) is 0. The van der Waals surface area contributed by atoms with Crippen molar-refractivity contribution in [3.8, 4) is 0 Å². The first kappa shape index (κ1) is 42.7. The van der Waals surface area contributed by atoms with Crippen LogP contribution >= 0.6 is 0 Å². The van der Waals surface area contributed by atoms with Gasteiger partial charge in [0.05, 0.1) is 0 Å². The summed E-state index contributed by atoms with van der Waals surface area (Å²) in [6.07, 6.45) is 0.250. The summed E-state index contributed by atoms with van der Waals surface area (Å²) >= 11 is 0. The summed E-state index contributed by atoms with van der Waals surface area (Å²) in [5, 5.41) is 7.00. The van der Waals surface area contributed by atoms with Gasteiger partial charge in [-0.1, -0.05) is 14.9 Å². The van der Waals surface area contributed by atoms with E-state index < -0.39 is 0 Å². The normalized spacial score (nSPS) is 1.78. The largest absolute Gasteiger partial charge is 0 e. The van der Waals surface area contributed by atoms with Crippen molar-refractivity contribution in [2.24, 2.45) is 0 Å². The Morgan fingerprint density at radius 2 is 1.33 bits per heavy atom. The Hall–Kier alpha value is -0.920. The molecule has 0 aromatic rings. The van der Waals surface area contributed by atoms with Gasteiger partial charge in [-0.25, -0.2) is 0 Å². The van der Waals surface area contributed by atoms with E-state index in [0.29, 0.717) is 0 Å². The smallest absolute Gasteiger partial charge is 0 e. The molecule has 0 saturated heterocycles. The fourth-order valence-corrected chi connectivity index (χ4v) is 0. The monoisotopic (exact) mass is 138 g/mol. The van der Waals surface area contributed by atoms with Gasteiger partial charge in [0.2, 0.25) is 0 Å². The van der Waals surface area contributed by atoms with Gasteiger partial charge in [-0.2, -0.15) is 9.59 Å². The molecule has 0 bridgehead atoms. The maximum atomic E-state index is 8.12. The molecule has 0 aliphatic rings. The summed E-state index contributed by atoms with van der Waals surface area (Å²) in [4.78, 5) is 16.2. The van der Waals surface area contributed by atoms with Gasteiger partial charge in [-0.05, 0) is 0 Å². The zero-order valence-electron chi connectivity index (χ0n) is 3.67. The molecular weight excluding hydrogens is 124 g/mol. The fraction of sp³-hybridized carbons (Fsp3) is 0.600. The minimum atomic E-state index is 0. The SMILES string of the molecule is C.C.CO.O=C=O.[C-]#[O+].[HH]. The van der Waals surface area contributed by atoms with Crippen LogP contribution in [0.4, 0.5) is 0 Å². The van der Waals surface area contributed by atoms with Gasteiger partial charge < -0.3 is 5.11 Å². The molecule has 0 heterocycles. The molecule has 9 heavy (non-hydrogen) atoms. The third kappa shape index (κ3) is 216. The molecule has 0 saturated carbocycles. The van der Waals surface area contributed by atoms with E-state index in [1.165, 1.54) is 0 Å². The molecule has 0 aromatic carbocycles. The second kappa shape index (κ2) is 40900. The van der Waals surface area contributed by atoms with Gasteiger partial charge in [0, 0.05) is 8.54 Å². The molecule has 0 rings (SSSR count). The van der Waals surface area contributed by atoms with E-state index in [0.717, 1.165) is 7.11 Å². The van der Waals surface area contributed by atoms with Crippen LogP contribution in [0.3, 0.4) is 0 Å². The quantitative estimate of drug-likeness (QED) is 0.391. The molecule has 0 aliphatic carbocycles. The minimum absolute atomic E-state index is 0. The van der Waals surface area contributed by atoms with E-state index in [-0.39, 0.29) is 22.4 Å². The Bertz CT molecular complexity index is 55.9. The van der Waals surface area contributed by atoms with Crippen molar-refractivity contribution in [1.82, 2.24) is 0 Å². The average Bonchev–Trinajstić information content (AvgIpc) is 1.78. The van der Waals surface area contributed by atoms with Gasteiger partial charge in [-0.15, -0.1) is 0 Å². The number of aliphatic hydroxyl groups is 1. The van der Waals surface area contributed by atoms with Gasteiger partial charge in [0.25, 0.3) is 0 Å². The van der Waals surface area contributed by atoms with Crippen molar-refractivity contribution < 1.29 is 20.8 Å². The zero-order valence-corrected chi connectivity index (χ0v) is 3.67. The molecule has 0 spiro atoms. The molecule has 0 unspecified atom stereocenters. The van der Waals surface area contributed by atoms with Crippen LogP contribution in [-0.2, 0) is 14.2 Å². The molecule has 0 aromatic heterocycles. The number of hydrogen-bond donors (Lipinski definition) is 1. The van der Waals surface area contributed by atoms with Crippen LogP contribution in [0.25, 0.3) is 0 Å². The van der Waals surface area contributed by atoms with Crippen molar-refractivity contribution >= 4 is 6.15 Å². The Morgan fingerprint density at radius 1 is 1.33 bits per heavy atom. The number of rotatable bonds is 0. The molecule has 0 fully saturated rings. The van der Waals surface area contributed by atoms with E-state index in [4.69, 9.17) is 19.3 Å². The first-order chi connectivity index (χ1) is 3.41. The molecule has 0 aliphatic heterocycles. The number of carbonyl (C=O) groups excluding carboxylic acids is 2. The Balaban J connectivity index is -0.00000000536. The van der Waals surface area contributed by atoms with Crippen molar-refractivity contribution in [3.63, 3.8) is 0 Å². The summed E-state index contributed by atoms with van der Waals surface area (Å²) in [7, 11) is 1.00. The van der Waals surface area contributed by atoms with E-state index >= 15 is 0 Å². The molecule has 4 nitrogen and oxygen atoms in total. The van der Waals surface area contributed by atoms with Crippen LogP contribution in [0.2, 0.25) is 0 Å². The van der Waals surface area contributed by atoms with E-state index in [2.05, 4.69) is 6.65 Å². The first-order valence-electron chi connectivity index (χ1n) is 1.06. The van der Waals surface area contributed by atoms with Gasteiger partial charge in [0.1, 0.15) is 0 Å². The Labute approximate surface area is 56.7 Å².